The first-order valence-corrected chi connectivity index (χ1v) is 14.2. The van der Waals surface area contributed by atoms with Crippen LogP contribution in [0.5, 0.6) is 0 Å². The molecule has 0 spiro atoms. The highest BCUT2D eigenvalue weighted by Gasteiger charge is 2.21. The minimum Gasteiger partial charge on any atom is -0.352 e. The van der Waals surface area contributed by atoms with Crippen molar-refractivity contribution in [3.05, 3.63) is 64.7 Å². The van der Waals surface area contributed by atoms with Gasteiger partial charge in [-0.25, -0.2) is 8.42 Å². The predicted molar refractivity (Wildman–Crippen MR) is 140 cm³/mol. The number of amides is 1. The van der Waals surface area contributed by atoms with Crippen LogP contribution < -0.4 is 9.62 Å². The number of anilines is 1. The van der Waals surface area contributed by atoms with Crippen molar-refractivity contribution in [3.8, 4) is 0 Å². The molecule has 6 nitrogen and oxygen atoms in total. The molecule has 186 valence electrons. The van der Waals surface area contributed by atoms with Gasteiger partial charge in [0.1, 0.15) is 0 Å². The smallest absolute Gasteiger partial charge is 0.251 e. The molecule has 1 N–H and O–H groups in total. The fourth-order valence-corrected chi connectivity index (χ4v) is 5.64. The molecule has 1 aliphatic heterocycles. The van der Waals surface area contributed by atoms with Crippen LogP contribution >= 0.6 is 0 Å². The highest BCUT2D eigenvalue weighted by Crippen LogP contribution is 2.26. The van der Waals surface area contributed by atoms with Gasteiger partial charge >= 0.3 is 0 Å². The Labute approximate surface area is 205 Å². The lowest BCUT2D eigenvalue weighted by atomic mass is 10.00. The molecule has 0 bridgehead atoms. The maximum absolute atomic E-state index is 12.6. The number of nitrogens with one attached hydrogen (secondary N) is 1. The van der Waals surface area contributed by atoms with E-state index in [1.807, 2.05) is 44.2 Å². The molecule has 2 aromatic rings. The summed E-state index contributed by atoms with van der Waals surface area (Å²) >= 11 is 0. The third-order valence-corrected chi connectivity index (χ3v) is 7.83. The molecule has 0 saturated carbocycles. The van der Waals surface area contributed by atoms with Crippen LogP contribution in [0.2, 0.25) is 0 Å². The minimum atomic E-state index is -3.46. The van der Waals surface area contributed by atoms with Gasteiger partial charge in [-0.1, -0.05) is 37.6 Å². The van der Waals surface area contributed by atoms with Crippen LogP contribution in [0, 0.1) is 13.8 Å². The van der Waals surface area contributed by atoms with Crippen LogP contribution in [0.25, 0.3) is 0 Å². The van der Waals surface area contributed by atoms with Gasteiger partial charge in [0.15, 0.2) is 0 Å². The van der Waals surface area contributed by atoms with Gasteiger partial charge in [-0.15, -0.1) is 0 Å². The Morgan fingerprint density at radius 1 is 1.12 bits per heavy atom. The van der Waals surface area contributed by atoms with Crippen LogP contribution in [0.4, 0.5) is 5.69 Å². The van der Waals surface area contributed by atoms with E-state index in [2.05, 4.69) is 17.1 Å². The van der Waals surface area contributed by atoms with Gasteiger partial charge < -0.3 is 10.2 Å². The lowest BCUT2D eigenvalue weighted by Gasteiger charge is -2.35. The number of carbonyl (C=O) groups is 1. The van der Waals surface area contributed by atoms with Crippen molar-refractivity contribution >= 4 is 21.6 Å². The SMILES string of the molecule is CCC1CCCCN1CCCNC(=O)c1ccc(CN(c2cc(C)ccc2C)S(C)(=O)=O)cc1. The Morgan fingerprint density at radius 3 is 2.53 bits per heavy atom. The summed E-state index contributed by atoms with van der Waals surface area (Å²) in [6.07, 6.45) is 7.25. The van der Waals surface area contributed by atoms with Gasteiger partial charge in [0.25, 0.3) is 5.91 Å². The Morgan fingerprint density at radius 2 is 1.85 bits per heavy atom. The second kappa shape index (κ2) is 11.8. The molecule has 0 aliphatic carbocycles. The molecule has 2 aromatic carbocycles. The molecule has 7 heteroatoms. The quantitative estimate of drug-likeness (QED) is 0.497. The first-order chi connectivity index (χ1) is 16.2. The van der Waals surface area contributed by atoms with Crippen molar-refractivity contribution in [1.29, 1.82) is 0 Å². The number of benzene rings is 2. The molecular weight excluding hydrogens is 446 g/mol. The summed E-state index contributed by atoms with van der Waals surface area (Å²) in [7, 11) is -3.46. The molecule has 3 rings (SSSR count). The van der Waals surface area contributed by atoms with E-state index in [0.29, 0.717) is 23.8 Å². The van der Waals surface area contributed by atoms with Gasteiger partial charge in [0.2, 0.25) is 10.0 Å². The van der Waals surface area contributed by atoms with E-state index >= 15 is 0 Å². The zero-order valence-corrected chi connectivity index (χ0v) is 21.8. The first kappa shape index (κ1) is 26.2. The fourth-order valence-electron chi connectivity index (χ4n) is 4.70. The van der Waals surface area contributed by atoms with E-state index in [1.165, 1.54) is 42.8 Å². The fraction of sp³-hybridized carbons (Fsp3) is 0.519. The number of hydrogen-bond donors (Lipinski definition) is 1. The molecule has 1 atom stereocenters. The topological polar surface area (TPSA) is 69.7 Å². The number of carbonyl (C=O) groups excluding carboxylic acids is 1. The number of piperidine rings is 1. The maximum atomic E-state index is 12.6. The summed E-state index contributed by atoms with van der Waals surface area (Å²) in [6.45, 7) is 9.19. The molecule has 1 fully saturated rings. The largest absolute Gasteiger partial charge is 0.352 e. The zero-order chi connectivity index (χ0) is 24.7. The standard InChI is InChI=1S/C27H39N3O3S/c1-5-25-9-6-7-17-29(25)18-8-16-28-27(31)24-14-12-23(13-15-24)20-30(34(4,32)33)26-19-21(2)10-11-22(26)3/h10-15,19,25H,5-9,16-18,20H2,1-4H3,(H,28,31). The number of nitrogens with zero attached hydrogens (tertiary/aromatic N) is 2. The highest BCUT2D eigenvalue weighted by atomic mass is 32.2. The van der Waals surface area contributed by atoms with Crippen molar-refractivity contribution in [2.75, 3.05) is 30.2 Å². The average Bonchev–Trinajstić information content (AvgIpc) is 2.81. The van der Waals surface area contributed by atoms with Crippen LogP contribution in [-0.4, -0.2) is 51.2 Å². The molecule has 1 heterocycles. The molecule has 34 heavy (non-hydrogen) atoms. The maximum Gasteiger partial charge on any atom is 0.251 e. The number of hydrogen-bond acceptors (Lipinski definition) is 4. The zero-order valence-electron chi connectivity index (χ0n) is 21.0. The van der Waals surface area contributed by atoms with E-state index in [4.69, 9.17) is 0 Å². The Hall–Kier alpha value is -2.38. The molecule has 1 amide bonds. The van der Waals surface area contributed by atoms with E-state index in [1.54, 1.807) is 12.1 Å². The first-order valence-electron chi connectivity index (χ1n) is 12.3. The van der Waals surface area contributed by atoms with Gasteiger partial charge in [0, 0.05) is 24.7 Å². The van der Waals surface area contributed by atoms with Gasteiger partial charge in [-0.05, 0) is 81.0 Å². The molecule has 1 saturated heterocycles. The van der Waals surface area contributed by atoms with Gasteiger partial charge in [-0.3, -0.25) is 9.10 Å². The van der Waals surface area contributed by atoms with Gasteiger partial charge in [0.05, 0.1) is 18.5 Å². The third-order valence-electron chi connectivity index (χ3n) is 6.70. The monoisotopic (exact) mass is 485 g/mol. The van der Waals surface area contributed by atoms with Crippen molar-refractivity contribution in [3.63, 3.8) is 0 Å². The van der Waals surface area contributed by atoms with Crippen molar-refractivity contribution in [2.24, 2.45) is 0 Å². The summed E-state index contributed by atoms with van der Waals surface area (Å²) in [6, 6.07) is 13.7. The van der Waals surface area contributed by atoms with Crippen LogP contribution in [-0.2, 0) is 16.6 Å². The van der Waals surface area contributed by atoms with E-state index in [-0.39, 0.29) is 12.5 Å². The Balaban J connectivity index is 1.57. The summed E-state index contributed by atoms with van der Waals surface area (Å²) in [5.41, 5.74) is 4.02. The molecule has 0 radical (unpaired) electrons. The van der Waals surface area contributed by atoms with Crippen LogP contribution in [0.15, 0.2) is 42.5 Å². The van der Waals surface area contributed by atoms with Gasteiger partial charge in [-0.2, -0.15) is 0 Å². The number of rotatable bonds is 10. The Kier molecular flexibility index (Phi) is 9.14. The molecule has 1 aliphatic rings. The summed E-state index contributed by atoms with van der Waals surface area (Å²) < 4.78 is 26.5. The second-order valence-corrected chi connectivity index (χ2v) is 11.4. The van der Waals surface area contributed by atoms with Crippen LogP contribution in [0.1, 0.15) is 66.1 Å². The predicted octanol–water partition coefficient (Wildman–Crippen LogP) is 4.65. The van der Waals surface area contributed by atoms with Crippen molar-refractivity contribution < 1.29 is 13.2 Å². The molecule has 0 aromatic heterocycles. The highest BCUT2D eigenvalue weighted by molar-refractivity contribution is 7.92. The van der Waals surface area contributed by atoms with E-state index in [9.17, 15) is 13.2 Å². The third kappa shape index (κ3) is 7.06. The van der Waals surface area contributed by atoms with E-state index in [0.717, 1.165) is 29.7 Å². The van der Waals surface area contributed by atoms with Crippen LogP contribution in [0.3, 0.4) is 0 Å². The van der Waals surface area contributed by atoms with Crippen molar-refractivity contribution in [2.45, 2.75) is 65.5 Å². The lowest BCUT2D eigenvalue weighted by Crippen LogP contribution is -2.40. The number of aryl methyl sites for hydroxylation is 2. The van der Waals surface area contributed by atoms with Crippen molar-refractivity contribution in [1.82, 2.24) is 10.2 Å². The summed E-state index contributed by atoms with van der Waals surface area (Å²) in [5.74, 6) is -0.0910. The molecule has 1 unspecified atom stereocenters. The number of sulfonamides is 1. The van der Waals surface area contributed by atoms with E-state index < -0.39 is 10.0 Å². The normalized spacial score (nSPS) is 16.9. The second-order valence-electron chi connectivity index (χ2n) is 9.46. The molecular formula is C27H39N3O3S. The summed E-state index contributed by atoms with van der Waals surface area (Å²) in [4.78, 5) is 15.1. The Bertz CT molecular complexity index is 1070. The summed E-state index contributed by atoms with van der Waals surface area (Å²) in [5, 5.41) is 3.02. The lowest BCUT2D eigenvalue weighted by molar-refractivity contribution is 0.0947. The minimum absolute atomic E-state index is 0.0910. The average molecular weight is 486 g/mol. The number of likely N-dealkylation sites (tertiary alicyclic amines) is 1.